The van der Waals surface area contributed by atoms with E-state index in [1.165, 1.54) is 340 Å². The van der Waals surface area contributed by atoms with Crippen LogP contribution >= 0.6 is 0 Å². The monoisotopic (exact) mass is 1270 g/mol. The highest BCUT2D eigenvalue weighted by atomic mass is 16.7. The van der Waals surface area contributed by atoms with E-state index in [0.29, 0.717) is 6.42 Å². The molecule has 90 heavy (non-hydrogen) atoms. The third kappa shape index (κ3) is 57.6. The molecule has 1 aliphatic rings. The summed E-state index contributed by atoms with van der Waals surface area (Å²) in [6, 6.07) is -0.823. The Labute approximate surface area is 558 Å². The Balaban J connectivity index is 2.06. The first-order chi connectivity index (χ1) is 44.3. The average Bonchev–Trinajstić information content (AvgIpc) is 2.75. The fourth-order valence-corrected chi connectivity index (χ4v) is 12.9. The van der Waals surface area contributed by atoms with Crippen molar-refractivity contribution < 1.29 is 39.8 Å². The van der Waals surface area contributed by atoms with E-state index >= 15 is 0 Å². The molecule has 7 atom stereocenters. The van der Waals surface area contributed by atoms with Crippen molar-refractivity contribution in [2.75, 3.05) is 13.2 Å². The number of allylic oxidation sites excluding steroid dienone is 7. The van der Waals surface area contributed by atoms with Crippen LogP contribution < -0.4 is 5.32 Å². The van der Waals surface area contributed by atoms with Gasteiger partial charge in [0.05, 0.1) is 25.4 Å². The highest BCUT2D eigenvalue weighted by Crippen LogP contribution is 2.24. The van der Waals surface area contributed by atoms with Crippen LogP contribution in [0.1, 0.15) is 406 Å². The molecule has 0 bridgehead atoms. The SMILES string of the molecule is CCCCCCC/C=C\C/C=C\CCCCCCCCCCCCCCCCCCCCCCCCCCCCCC(=O)NC(COC1OC(CO)C(O)C(O)C1O)C(O)/C=C/CC/C=C/CCCCCCCCCCCCCCCCCCCCCCCC. The van der Waals surface area contributed by atoms with E-state index in [9.17, 15) is 30.3 Å². The highest BCUT2D eigenvalue weighted by Gasteiger charge is 2.44. The van der Waals surface area contributed by atoms with Gasteiger partial charge in [-0.05, 0) is 64.2 Å². The summed E-state index contributed by atoms with van der Waals surface area (Å²) in [5.41, 5.74) is 0. The zero-order valence-corrected chi connectivity index (χ0v) is 59.7. The van der Waals surface area contributed by atoms with E-state index in [-0.39, 0.29) is 12.5 Å². The number of carbonyl (C=O) groups is 1. The number of hydrogen-bond acceptors (Lipinski definition) is 8. The van der Waals surface area contributed by atoms with Crippen LogP contribution in [0, 0.1) is 0 Å². The molecular weight excluding hydrogens is 1110 g/mol. The third-order valence-electron chi connectivity index (χ3n) is 19.1. The smallest absolute Gasteiger partial charge is 0.220 e. The van der Waals surface area contributed by atoms with Crippen molar-refractivity contribution in [3.8, 4) is 0 Å². The van der Waals surface area contributed by atoms with Gasteiger partial charge < -0.3 is 40.3 Å². The molecule has 9 heteroatoms. The predicted octanol–water partition coefficient (Wildman–Crippen LogP) is 22.7. The van der Waals surface area contributed by atoms with Gasteiger partial charge in [0.15, 0.2) is 6.29 Å². The number of aliphatic hydroxyl groups is 5. The van der Waals surface area contributed by atoms with E-state index in [2.05, 4.69) is 55.6 Å². The van der Waals surface area contributed by atoms with E-state index in [1.54, 1.807) is 6.08 Å². The number of amides is 1. The summed E-state index contributed by atoms with van der Waals surface area (Å²) in [7, 11) is 0. The second-order valence-corrected chi connectivity index (χ2v) is 27.9. The molecule has 0 aromatic carbocycles. The fourth-order valence-electron chi connectivity index (χ4n) is 12.9. The van der Waals surface area contributed by atoms with Crippen LogP contribution in [0.15, 0.2) is 48.6 Å². The van der Waals surface area contributed by atoms with Gasteiger partial charge in [0.1, 0.15) is 24.4 Å². The Hall–Kier alpha value is -1.85. The Morgan fingerprint density at radius 2 is 0.667 bits per heavy atom. The molecule has 1 heterocycles. The quantitative estimate of drug-likeness (QED) is 0.0261. The molecule has 0 aliphatic carbocycles. The van der Waals surface area contributed by atoms with Crippen molar-refractivity contribution in [2.24, 2.45) is 0 Å². The van der Waals surface area contributed by atoms with Gasteiger partial charge in [-0.25, -0.2) is 0 Å². The maximum Gasteiger partial charge on any atom is 0.220 e. The Morgan fingerprint density at radius 1 is 0.378 bits per heavy atom. The molecule has 1 fully saturated rings. The Morgan fingerprint density at radius 3 is 1.00 bits per heavy atom. The molecule has 0 saturated carbocycles. The molecule has 9 nitrogen and oxygen atoms in total. The number of rotatable bonds is 71. The molecule has 1 aliphatic heterocycles. The minimum absolute atomic E-state index is 0.178. The molecule has 0 aromatic heterocycles. The number of carbonyl (C=O) groups excluding carboxylic acids is 1. The first-order valence-electron chi connectivity index (χ1n) is 39.9. The average molecular weight is 1270 g/mol. The van der Waals surface area contributed by atoms with Gasteiger partial charge in [0.25, 0.3) is 0 Å². The molecule has 7 unspecified atom stereocenters. The summed E-state index contributed by atoms with van der Waals surface area (Å²) in [5, 5.41) is 54.9. The third-order valence-corrected chi connectivity index (χ3v) is 19.1. The molecular formula is C81H153NO8. The Bertz CT molecular complexity index is 1570. The number of aliphatic hydroxyl groups excluding tert-OH is 5. The van der Waals surface area contributed by atoms with Crippen molar-refractivity contribution in [2.45, 2.75) is 448 Å². The first-order valence-corrected chi connectivity index (χ1v) is 39.9. The van der Waals surface area contributed by atoms with E-state index < -0.39 is 49.5 Å². The number of nitrogens with one attached hydrogen (secondary N) is 1. The lowest BCUT2D eigenvalue weighted by molar-refractivity contribution is -0.302. The van der Waals surface area contributed by atoms with Crippen LogP contribution in [0.3, 0.4) is 0 Å². The van der Waals surface area contributed by atoms with Crippen molar-refractivity contribution in [1.82, 2.24) is 5.32 Å². The van der Waals surface area contributed by atoms with Crippen molar-refractivity contribution >= 4 is 5.91 Å². The summed E-state index contributed by atoms with van der Waals surface area (Å²) in [4.78, 5) is 13.2. The standard InChI is InChI=1S/C81H153NO8/c1-3-5-7-9-11-13-15-17-19-21-23-25-27-29-31-33-34-35-36-37-38-39-40-41-42-43-45-47-49-51-53-55-57-59-61-63-65-67-69-71-77(85)82-74(73-89-81-80(88)79(87)78(86)76(72-83)90-81)75(84)70-68-66-64-62-60-58-56-54-52-50-48-46-44-32-30-28-26-24-22-20-18-16-14-12-10-8-6-4-2/h15,17,21,23,60,62,68,70,74-76,78-81,83-84,86-88H,3-14,16,18-20,22,24-59,61,63-67,69,71-73H2,1-2H3,(H,82,85)/b17-15-,23-21-,62-60+,70-68+. The lowest BCUT2D eigenvalue weighted by Crippen LogP contribution is -2.60. The predicted molar refractivity (Wildman–Crippen MR) is 387 cm³/mol. The second kappa shape index (κ2) is 70.0. The van der Waals surface area contributed by atoms with Crippen LogP contribution in [0.5, 0.6) is 0 Å². The summed E-state index contributed by atoms with van der Waals surface area (Å²) >= 11 is 0. The molecule has 1 saturated heterocycles. The number of ether oxygens (including phenoxy) is 2. The lowest BCUT2D eigenvalue weighted by atomic mass is 9.99. The zero-order valence-electron chi connectivity index (χ0n) is 59.7. The molecule has 0 spiro atoms. The minimum atomic E-state index is -1.57. The summed E-state index contributed by atoms with van der Waals surface area (Å²) < 4.78 is 11.3. The van der Waals surface area contributed by atoms with Gasteiger partial charge in [0.2, 0.25) is 5.91 Å². The van der Waals surface area contributed by atoms with Gasteiger partial charge in [0, 0.05) is 6.42 Å². The van der Waals surface area contributed by atoms with Crippen molar-refractivity contribution in [3.63, 3.8) is 0 Å². The van der Waals surface area contributed by atoms with E-state index in [1.807, 2.05) is 6.08 Å². The van der Waals surface area contributed by atoms with Crippen molar-refractivity contribution in [1.29, 1.82) is 0 Å². The maximum atomic E-state index is 13.2. The molecule has 530 valence electrons. The zero-order chi connectivity index (χ0) is 64.9. The lowest BCUT2D eigenvalue weighted by Gasteiger charge is -2.40. The molecule has 1 rings (SSSR count). The van der Waals surface area contributed by atoms with Gasteiger partial charge in [-0.2, -0.15) is 0 Å². The number of hydrogen-bond donors (Lipinski definition) is 6. The summed E-state index contributed by atoms with van der Waals surface area (Å²) in [6.07, 6.45) is 89.8. The van der Waals surface area contributed by atoms with E-state index in [0.717, 1.165) is 44.9 Å². The van der Waals surface area contributed by atoms with Gasteiger partial charge in [-0.15, -0.1) is 0 Å². The highest BCUT2D eigenvalue weighted by molar-refractivity contribution is 5.76. The first kappa shape index (κ1) is 86.2. The topological polar surface area (TPSA) is 149 Å². The Kier molecular flexibility index (Phi) is 67.0. The molecule has 0 radical (unpaired) electrons. The van der Waals surface area contributed by atoms with E-state index in [4.69, 9.17) is 9.47 Å². The largest absolute Gasteiger partial charge is 0.394 e. The van der Waals surface area contributed by atoms with Gasteiger partial charge in [-0.3, -0.25) is 4.79 Å². The van der Waals surface area contributed by atoms with Crippen LogP contribution in [0.2, 0.25) is 0 Å². The van der Waals surface area contributed by atoms with Crippen LogP contribution in [0.25, 0.3) is 0 Å². The summed E-state index contributed by atoms with van der Waals surface area (Å²) in [5.74, 6) is -0.178. The normalized spacial score (nSPS) is 18.0. The van der Waals surface area contributed by atoms with Crippen molar-refractivity contribution in [3.05, 3.63) is 48.6 Å². The number of unbranched alkanes of at least 4 members (excludes halogenated alkanes) is 55. The molecule has 1 amide bonds. The minimum Gasteiger partial charge on any atom is -0.394 e. The van der Waals surface area contributed by atoms with Crippen LogP contribution in [0.4, 0.5) is 0 Å². The van der Waals surface area contributed by atoms with Gasteiger partial charge in [-0.1, -0.05) is 383 Å². The molecule has 6 N–H and O–H groups in total. The second-order valence-electron chi connectivity index (χ2n) is 27.9. The maximum absolute atomic E-state index is 13.2. The van der Waals surface area contributed by atoms with Gasteiger partial charge >= 0.3 is 0 Å². The van der Waals surface area contributed by atoms with Crippen LogP contribution in [-0.2, 0) is 14.3 Å². The summed E-state index contributed by atoms with van der Waals surface area (Å²) in [6.45, 7) is 3.81. The molecule has 0 aromatic rings. The fraction of sp³-hybridized carbons (Fsp3) is 0.889. The van der Waals surface area contributed by atoms with Crippen LogP contribution in [-0.4, -0.2) is 87.5 Å².